The Morgan fingerprint density at radius 1 is 1.11 bits per heavy atom. The number of sulfonamides is 1. The number of rotatable bonds is 7. The van der Waals surface area contributed by atoms with E-state index in [1.807, 2.05) is 0 Å². The molecule has 27 heavy (non-hydrogen) atoms. The number of esters is 1. The molecule has 9 heteroatoms. The third-order valence-corrected chi connectivity index (χ3v) is 5.87. The Bertz CT molecular complexity index is 927. The van der Waals surface area contributed by atoms with Crippen LogP contribution in [0.2, 0.25) is 10.0 Å². The van der Waals surface area contributed by atoms with Gasteiger partial charge in [-0.25, -0.2) is 8.42 Å². The number of aryl methyl sites for hydroxylation is 1. The first-order chi connectivity index (χ1) is 12.7. The zero-order valence-electron chi connectivity index (χ0n) is 15.0. The highest BCUT2D eigenvalue weighted by atomic mass is 35.5. The number of ether oxygens (including phenoxy) is 2. The van der Waals surface area contributed by atoms with Crippen molar-refractivity contribution in [3.8, 4) is 5.75 Å². The van der Waals surface area contributed by atoms with Crippen molar-refractivity contribution < 1.29 is 22.7 Å². The van der Waals surface area contributed by atoms with Gasteiger partial charge in [0.2, 0.25) is 0 Å². The lowest BCUT2D eigenvalue weighted by Crippen LogP contribution is -2.36. The molecule has 0 amide bonds. The normalized spacial score (nSPS) is 11.1. The largest absolute Gasteiger partial charge is 0.496 e. The molecule has 0 unspecified atom stereocenters. The Kier molecular flexibility index (Phi) is 6.97. The van der Waals surface area contributed by atoms with E-state index in [1.54, 1.807) is 19.9 Å². The second kappa shape index (κ2) is 8.82. The number of hydrogen-bond donors (Lipinski definition) is 0. The van der Waals surface area contributed by atoms with Crippen LogP contribution < -0.4 is 9.04 Å². The van der Waals surface area contributed by atoms with Gasteiger partial charge in [0.05, 0.1) is 24.3 Å². The first kappa shape index (κ1) is 21.3. The zero-order chi connectivity index (χ0) is 20.2. The van der Waals surface area contributed by atoms with Crippen molar-refractivity contribution in [2.75, 3.05) is 24.6 Å². The van der Waals surface area contributed by atoms with Crippen LogP contribution in [0.5, 0.6) is 5.75 Å². The highest BCUT2D eigenvalue weighted by Gasteiger charge is 2.28. The Labute approximate surface area is 168 Å². The third kappa shape index (κ3) is 5.06. The maximum atomic E-state index is 13.2. The van der Waals surface area contributed by atoms with Gasteiger partial charge in [-0.3, -0.25) is 9.10 Å². The van der Waals surface area contributed by atoms with Gasteiger partial charge in [-0.1, -0.05) is 23.2 Å². The number of nitrogens with zero attached hydrogens (tertiary/aromatic N) is 1. The van der Waals surface area contributed by atoms with Crippen LogP contribution in [-0.2, 0) is 19.6 Å². The maximum absolute atomic E-state index is 13.2. The van der Waals surface area contributed by atoms with Crippen molar-refractivity contribution in [3.63, 3.8) is 0 Å². The van der Waals surface area contributed by atoms with E-state index < -0.39 is 22.5 Å². The van der Waals surface area contributed by atoms with Crippen molar-refractivity contribution in [1.29, 1.82) is 0 Å². The highest BCUT2D eigenvalue weighted by Crippen LogP contribution is 2.31. The molecule has 0 aliphatic heterocycles. The van der Waals surface area contributed by atoms with Gasteiger partial charge in [0.15, 0.2) is 0 Å². The van der Waals surface area contributed by atoms with Crippen LogP contribution in [0.4, 0.5) is 5.69 Å². The molecule has 0 bridgehead atoms. The van der Waals surface area contributed by atoms with E-state index in [2.05, 4.69) is 0 Å². The second-order valence-electron chi connectivity index (χ2n) is 5.58. The molecule has 2 rings (SSSR count). The van der Waals surface area contributed by atoms with Gasteiger partial charge in [0, 0.05) is 10.0 Å². The van der Waals surface area contributed by atoms with Crippen LogP contribution in [0.3, 0.4) is 0 Å². The average molecular weight is 432 g/mol. The van der Waals surface area contributed by atoms with Crippen molar-refractivity contribution in [2.45, 2.75) is 18.7 Å². The van der Waals surface area contributed by atoms with Gasteiger partial charge >= 0.3 is 5.97 Å². The van der Waals surface area contributed by atoms with E-state index in [9.17, 15) is 13.2 Å². The average Bonchev–Trinajstić information content (AvgIpc) is 2.58. The van der Waals surface area contributed by atoms with Crippen LogP contribution in [0.25, 0.3) is 0 Å². The van der Waals surface area contributed by atoms with E-state index in [4.69, 9.17) is 32.7 Å². The Morgan fingerprint density at radius 3 is 2.26 bits per heavy atom. The molecule has 0 saturated carbocycles. The lowest BCUT2D eigenvalue weighted by atomic mass is 10.2. The standard InChI is InChI=1S/C18H19Cl2NO5S/c1-4-26-18(22)11-21(15-9-13(19)8-14(20)10-15)27(23,24)16-5-6-17(25-3)12(2)7-16/h5-10H,4,11H2,1-3H3. The van der Waals surface area contributed by atoms with Crippen molar-refractivity contribution in [3.05, 3.63) is 52.0 Å². The van der Waals surface area contributed by atoms with Gasteiger partial charge in [-0.15, -0.1) is 0 Å². The molecule has 0 aliphatic carbocycles. The molecule has 0 aliphatic rings. The summed E-state index contributed by atoms with van der Waals surface area (Å²) in [4.78, 5) is 12.0. The smallest absolute Gasteiger partial charge is 0.326 e. The highest BCUT2D eigenvalue weighted by molar-refractivity contribution is 7.92. The fraction of sp³-hybridized carbons (Fsp3) is 0.278. The van der Waals surface area contributed by atoms with Gasteiger partial charge in [0.1, 0.15) is 12.3 Å². The number of hydrogen-bond acceptors (Lipinski definition) is 5. The van der Waals surface area contributed by atoms with Gasteiger partial charge in [-0.2, -0.15) is 0 Å². The molecule has 146 valence electrons. The minimum atomic E-state index is -4.09. The lowest BCUT2D eigenvalue weighted by molar-refractivity contribution is -0.141. The van der Waals surface area contributed by atoms with Crippen LogP contribution in [0.1, 0.15) is 12.5 Å². The predicted molar refractivity (Wildman–Crippen MR) is 105 cm³/mol. The fourth-order valence-electron chi connectivity index (χ4n) is 2.46. The minimum Gasteiger partial charge on any atom is -0.496 e. The molecule has 6 nitrogen and oxygen atoms in total. The molecule has 0 atom stereocenters. The summed E-state index contributed by atoms with van der Waals surface area (Å²) in [6.07, 6.45) is 0. The second-order valence-corrected chi connectivity index (χ2v) is 8.31. The third-order valence-electron chi connectivity index (χ3n) is 3.67. The molecule has 0 aromatic heterocycles. The molecular formula is C18H19Cl2NO5S. The van der Waals surface area contributed by atoms with Gasteiger partial charge < -0.3 is 9.47 Å². The van der Waals surface area contributed by atoms with E-state index >= 15 is 0 Å². The van der Waals surface area contributed by atoms with Gasteiger partial charge in [-0.05, 0) is 55.8 Å². The Hall–Kier alpha value is -1.96. The fourth-order valence-corrected chi connectivity index (χ4v) is 4.45. The summed E-state index contributed by atoms with van der Waals surface area (Å²) < 4.78 is 37.5. The van der Waals surface area contributed by atoms with E-state index in [1.165, 1.54) is 37.4 Å². The zero-order valence-corrected chi connectivity index (χ0v) is 17.4. The SMILES string of the molecule is CCOC(=O)CN(c1cc(Cl)cc(Cl)c1)S(=O)(=O)c1ccc(OC)c(C)c1. The maximum Gasteiger partial charge on any atom is 0.326 e. The summed E-state index contributed by atoms with van der Waals surface area (Å²) >= 11 is 12.0. The van der Waals surface area contributed by atoms with Crippen molar-refractivity contribution in [2.24, 2.45) is 0 Å². The molecule has 2 aromatic carbocycles. The summed E-state index contributed by atoms with van der Waals surface area (Å²) in [6, 6.07) is 8.74. The summed E-state index contributed by atoms with van der Waals surface area (Å²) in [5.41, 5.74) is 0.799. The number of carbonyl (C=O) groups is 1. The Balaban J connectivity index is 2.56. The minimum absolute atomic E-state index is 0.00111. The molecule has 0 spiro atoms. The molecule has 0 fully saturated rings. The predicted octanol–water partition coefficient (Wildman–Crippen LogP) is 4.07. The first-order valence-electron chi connectivity index (χ1n) is 7.98. The Morgan fingerprint density at radius 2 is 1.74 bits per heavy atom. The number of methoxy groups -OCH3 is 1. The topological polar surface area (TPSA) is 72.9 Å². The van der Waals surface area contributed by atoms with Crippen LogP contribution in [-0.4, -0.2) is 34.6 Å². The summed E-state index contributed by atoms with van der Waals surface area (Å²) in [5, 5.41) is 0.486. The molecule has 0 heterocycles. The monoisotopic (exact) mass is 431 g/mol. The number of anilines is 1. The molecule has 0 N–H and O–H groups in total. The van der Waals surface area contributed by atoms with E-state index in [0.717, 1.165) is 4.31 Å². The molecule has 2 aromatic rings. The van der Waals surface area contributed by atoms with E-state index in [-0.39, 0.29) is 27.2 Å². The summed E-state index contributed by atoms with van der Waals surface area (Å²) in [5.74, 6) is -0.140. The lowest BCUT2D eigenvalue weighted by Gasteiger charge is -2.24. The van der Waals surface area contributed by atoms with E-state index in [0.29, 0.717) is 11.3 Å². The summed E-state index contributed by atoms with van der Waals surface area (Å²) in [6.45, 7) is 2.98. The number of carbonyl (C=O) groups excluding carboxylic acids is 1. The van der Waals surface area contributed by atoms with Crippen molar-refractivity contribution in [1.82, 2.24) is 0 Å². The summed E-state index contributed by atoms with van der Waals surface area (Å²) in [7, 11) is -2.59. The van der Waals surface area contributed by atoms with Crippen LogP contribution in [0.15, 0.2) is 41.3 Å². The van der Waals surface area contributed by atoms with Crippen LogP contribution >= 0.6 is 23.2 Å². The quantitative estimate of drug-likeness (QED) is 0.617. The van der Waals surface area contributed by atoms with Crippen LogP contribution in [0, 0.1) is 6.92 Å². The van der Waals surface area contributed by atoms with Crippen molar-refractivity contribution >= 4 is 44.9 Å². The number of halogens is 2. The molecular weight excluding hydrogens is 413 g/mol. The molecule has 0 radical (unpaired) electrons. The van der Waals surface area contributed by atoms with Gasteiger partial charge in [0.25, 0.3) is 10.0 Å². The molecule has 0 saturated heterocycles. The number of benzene rings is 2. The first-order valence-corrected chi connectivity index (χ1v) is 10.2.